The summed E-state index contributed by atoms with van der Waals surface area (Å²) in [6, 6.07) is 5.41. The highest BCUT2D eigenvalue weighted by Gasteiger charge is 2.26. The molecule has 0 bridgehead atoms. The van der Waals surface area contributed by atoms with Crippen LogP contribution in [0.25, 0.3) is 0 Å². The van der Waals surface area contributed by atoms with Crippen molar-refractivity contribution < 1.29 is 23.0 Å². The standard InChI is InChI=1S/C24H25F2N3O4S/c1-15-20(34-14-27-15)7-11-33-19-12-21(30)29-10-9-28(8-6-18(29)22(19)24(31)32-2)13-16-4-3-5-17(25)23(16)26/h3-5,12,14H,6-11,13H2,1-2H3. The zero-order chi connectivity index (χ0) is 24.2. The molecule has 1 aromatic carbocycles. The summed E-state index contributed by atoms with van der Waals surface area (Å²) < 4.78 is 40.2. The molecule has 0 aliphatic carbocycles. The SMILES string of the molecule is COC(=O)c1c(OCCc2scnc2C)cc(=O)n2c1CCN(Cc1cccc(F)c1F)CC2. The van der Waals surface area contributed by atoms with E-state index in [1.165, 1.54) is 35.1 Å². The van der Waals surface area contributed by atoms with Crippen LogP contribution in [-0.4, -0.2) is 47.2 Å². The average molecular weight is 490 g/mol. The van der Waals surface area contributed by atoms with Gasteiger partial charge in [-0.05, 0) is 13.0 Å². The number of aromatic nitrogens is 2. The van der Waals surface area contributed by atoms with E-state index in [1.54, 1.807) is 11.6 Å². The van der Waals surface area contributed by atoms with Gasteiger partial charge in [0, 0.05) is 61.2 Å². The first kappa shape index (κ1) is 24.0. The van der Waals surface area contributed by atoms with Gasteiger partial charge in [0.15, 0.2) is 11.6 Å². The van der Waals surface area contributed by atoms with E-state index in [0.29, 0.717) is 38.2 Å². The molecule has 0 spiro atoms. The van der Waals surface area contributed by atoms with Crippen LogP contribution in [-0.2, 0) is 30.7 Å². The van der Waals surface area contributed by atoms with Crippen molar-refractivity contribution in [2.24, 2.45) is 0 Å². The summed E-state index contributed by atoms with van der Waals surface area (Å²) in [5.74, 6) is -2.16. The second-order valence-corrected chi connectivity index (χ2v) is 8.95. The third-order valence-corrected chi connectivity index (χ3v) is 6.93. The fourth-order valence-electron chi connectivity index (χ4n) is 4.12. The molecule has 0 fully saturated rings. The van der Waals surface area contributed by atoms with E-state index in [9.17, 15) is 18.4 Å². The summed E-state index contributed by atoms with van der Waals surface area (Å²) in [5, 5.41) is 0. The molecule has 0 saturated heterocycles. The first-order valence-corrected chi connectivity index (χ1v) is 11.8. The third-order valence-electron chi connectivity index (χ3n) is 5.93. The maximum atomic E-state index is 14.2. The second kappa shape index (κ2) is 10.4. The summed E-state index contributed by atoms with van der Waals surface area (Å²) in [4.78, 5) is 32.8. The Balaban J connectivity index is 1.57. The zero-order valence-electron chi connectivity index (χ0n) is 19.0. The molecule has 3 heterocycles. The van der Waals surface area contributed by atoms with Gasteiger partial charge in [0.25, 0.3) is 5.56 Å². The molecule has 0 amide bonds. The van der Waals surface area contributed by atoms with Crippen molar-refractivity contribution in [3.63, 3.8) is 0 Å². The highest BCUT2D eigenvalue weighted by Crippen LogP contribution is 2.25. The van der Waals surface area contributed by atoms with Crippen LogP contribution in [0.3, 0.4) is 0 Å². The number of benzene rings is 1. The van der Waals surface area contributed by atoms with Crippen molar-refractivity contribution in [1.29, 1.82) is 0 Å². The second-order valence-electron chi connectivity index (χ2n) is 8.01. The lowest BCUT2D eigenvalue weighted by Crippen LogP contribution is -2.29. The highest BCUT2D eigenvalue weighted by atomic mass is 32.1. The van der Waals surface area contributed by atoms with Crippen LogP contribution in [0.4, 0.5) is 8.78 Å². The lowest BCUT2D eigenvalue weighted by molar-refractivity contribution is 0.0593. The molecule has 1 aliphatic heterocycles. The zero-order valence-corrected chi connectivity index (χ0v) is 19.8. The Kier molecular flexibility index (Phi) is 7.38. The van der Waals surface area contributed by atoms with E-state index in [-0.39, 0.29) is 35.6 Å². The number of rotatable bonds is 7. The summed E-state index contributed by atoms with van der Waals surface area (Å²) in [5.41, 5.74) is 3.39. The van der Waals surface area contributed by atoms with Gasteiger partial charge in [0.1, 0.15) is 11.3 Å². The largest absolute Gasteiger partial charge is 0.492 e. The van der Waals surface area contributed by atoms with Gasteiger partial charge in [-0.2, -0.15) is 0 Å². The minimum absolute atomic E-state index is 0.190. The summed E-state index contributed by atoms with van der Waals surface area (Å²) in [7, 11) is 1.28. The Morgan fingerprint density at radius 3 is 2.79 bits per heavy atom. The number of ether oxygens (including phenoxy) is 2. The molecule has 10 heteroatoms. The Hall–Kier alpha value is -3.11. The van der Waals surface area contributed by atoms with Crippen molar-refractivity contribution in [2.45, 2.75) is 32.9 Å². The van der Waals surface area contributed by atoms with Gasteiger partial charge in [-0.15, -0.1) is 11.3 Å². The maximum absolute atomic E-state index is 14.2. The third kappa shape index (κ3) is 5.02. The van der Waals surface area contributed by atoms with Crippen LogP contribution >= 0.6 is 11.3 Å². The van der Waals surface area contributed by atoms with Gasteiger partial charge in [0.05, 0.1) is 24.9 Å². The minimum atomic E-state index is -0.893. The number of fused-ring (bicyclic) bond motifs is 1. The molecule has 34 heavy (non-hydrogen) atoms. The smallest absolute Gasteiger partial charge is 0.343 e. The minimum Gasteiger partial charge on any atom is -0.492 e. The summed E-state index contributed by atoms with van der Waals surface area (Å²) >= 11 is 1.53. The van der Waals surface area contributed by atoms with Gasteiger partial charge in [0.2, 0.25) is 0 Å². The molecular formula is C24H25F2N3O4S. The van der Waals surface area contributed by atoms with Crippen LogP contribution < -0.4 is 10.3 Å². The van der Waals surface area contributed by atoms with Crippen molar-refractivity contribution in [1.82, 2.24) is 14.5 Å². The number of hydrogen-bond acceptors (Lipinski definition) is 7. The predicted molar refractivity (Wildman–Crippen MR) is 123 cm³/mol. The molecule has 2 aromatic heterocycles. The number of pyridine rings is 1. The molecule has 0 radical (unpaired) electrons. The van der Waals surface area contributed by atoms with Crippen LogP contribution in [0.5, 0.6) is 5.75 Å². The molecular weight excluding hydrogens is 464 g/mol. The number of aryl methyl sites for hydroxylation is 1. The number of carbonyl (C=O) groups excluding carboxylic acids is 1. The van der Waals surface area contributed by atoms with Crippen LogP contribution in [0.2, 0.25) is 0 Å². The first-order chi connectivity index (χ1) is 16.4. The Labute approximate surface area is 199 Å². The topological polar surface area (TPSA) is 73.7 Å². The summed E-state index contributed by atoms with van der Waals surface area (Å²) in [6.07, 6.45) is 0.949. The predicted octanol–water partition coefficient (Wildman–Crippen LogP) is 3.36. The molecule has 3 aromatic rings. The van der Waals surface area contributed by atoms with Crippen LogP contribution in [0, 0.1) is 18.6 Å². The lowest BCUT2D eigenvalue weighted by Gasteiger charge is -2.19. The number of methoxy groups -OCH3 is 1. The summed E-state index contributed by atoms with van der Waals surface area (Å²) in [6.45, 7) is 3.58. The van der Waals surface area contributed by atoms with Crippen LogP contribution in [0.15, 0.2) is 34.6 Å². The van der Waals surface area contributed by atoms with Crippen molar-refractivity contribution >= 4 is 17.3 Å². The van der Waals surface area contributed by atoms with Gasteiger partial charge in [-0.25, -0.2) is 18.6 Å². The normalized spacial score (nSPS) is 13.9. The van der Waals surface area contributed by atoms with E-state index in [1.807, 2.05) is 11.8 Å². The van der Waals surface area contributed by atoms with E-state index in [4.69, 9.17) is 9.47 Å². The number of thiazole rings is 1. The number of carbonyl (C=O) groups is 1. The number of esters is 1. The quantitative estimate of drug-likeness (QED) is 0.474. The van der Waals surface area contributed by atoms with Crippen LogP contribution in [0.1, 0.15) is 32.2 Å². The number of hydrogen-bond donors (Lipinski definition) is 0. The maximum Gasteiger partial charge on any atom is 0.343 e. The molecule has 0 unspecified atom stereocenters. The lowest BCUT2D eigenvalue weighted by atomic mass is 10.1. The van der Waals surface area contributed by atoms with Crippen molar-refractivity contribution in [3.8, 4) is 5.75 Å². The fourth-order valence-corrected chi connectivity index (χ4v) is 4.88. The van der Waals surface area contributed by atoms with E-state index in [0.717, 1.165) is 16.6 Å². The van der Waals surface area contributed by atoms with Gasteiger partial charge in [-0.3, -0.25) is 9.69 Å². The number of nitrogens with zero attached hydrogens (tertiary/aromatic N) is 3. The molecule has 4 rings (SSSR count). The van der Waals surface area contributed by atoms with E-state index in [2.05, 4.69) is 4.98 Å². The van der Waals surface area contributed by atoms with Crippen molar-refractivity contribution in [3.05, 3.63) is 79.2 Å². The molecule has 0 saturated carbocycles. The highest BCUT2D eigenvalue weighted by molar-refractivity contribution is 7.09. The Morgan fingerprint density at radius 2 is 2.06 bits per heavy atom. The van der Waals surface area contributed by atoms with Gasteiger partial charge >= 0.3 is 5.97 Å². The monoisotopic (exact) mass is 489 g/mol. The molecule has 0 N–H and O–H groups in total. The van der Waals surface area contributed by atoms with E-state index >= 15 is 0 Å². The molecule has 180 valence electrons. The Morgan fingerprint density at radius 1 is 1.24 bits per heavy atom. The number of halogens is 2. The Bertz CT molecular complexity index is 1260. The van der Waals surface area contributed by atoms with Gasteiger partial charge < -0.3 is 14.0 Å². The molecule has 7 nitrogen and oxygen atoms in total. The average Bonchev–Trinajstić information content (AvgIpc) is 3.11. The van der Waals surface area contributed by atoms with Crippen molar-refractivity contribution in [2.75, 3.05) is 26.8 Å². The molecule has 0 atom stereocenters. The van der Waals surface area contributed by atoms with E-state index < -0.39 is 17.6 Å². The van der Waals surface area contributed by atoms with Gasteiger partial charge in [-0.1, -0.05) is 12.1 Å². The first-order valence-electron chi connectivity index (χ1n) is 10.9. The fraction of sp³-hybridized carbons (Fsp3) is 0.375. The molecule has 1 aliphatic rings.